The van der Waals surface area contributed by atoms with Crippen LogP contribution in [0.2, 0.25) is 0 Å². The predicted octanol–water partition coefficient (Wildman–Crippen LogP) is 2.63. The van der Waals surface area contributed by atoms with Gasteiger partial charge in [0.1, 0.15) is 11.7 Å². The van der Waals surface area contributed by atoms with Gasteiger partial charge in [0.15, 0.2) is 0 Å². The third-order valence-corrected chi connectivity index (χ3v) is 4.39. The molecule has 0 bridgehead atoms. The largest absolute Gasteiger partial charge is 0.443 e. The summed E-state index contributed by atoms with van der Waals surface area (Å²) in [5.74, 6) is 0. The van der Waals surface area contributed by atoms with Gasteiger partial charge in [-0.1, -0.05) is 30.3 Å². The van der Waals surface area contributed by atoms with E-state index in [-0.39, 0.29) is 0 Å². The van der Waals surface area contributed by atoms with Crippen molar-refractivity contribution in [1.82, 2.24) is 4.31 Å². The van der Waals surface area contributed by atoms with E-state index in [9.17, 15) is 13.2 Å². The highest BCUT2D eigenvalue weighted by atomic mass is 32.2. The summed E-state index contributed by atoms with van der Waals surface area (Å²) in [7, 11) is -4.15. The molecule has 7 heteroatoms. The Morgan fingerprint density at radius 2 is 1.81 bits per heavy atom. The Kier molecular flexibility index (Phi) is 3.99. The summed E-state index contributed by atoms with van der Waals surface area (Å²) in [4.78, 5) is 12.1. The van der Waals surface area contributed by atoms with Crippen molar-refractivity contribution in [2.45, 2.75) is 45.4 Å². The van der Waals surface area contributed by atoms with E-state index in [1.54, 1.807) is 52.0 Å². The van der Waals surface area contributed by atoms with Gasteiger partial charge in [0, 0.05) is 0 Å². The zero-order valence-corrected chi connectivity index (χ0v) is 13.3. The van der Waals surface area contributed by atoms with Crippen LogP contribution in [0, 0.1) is 0 Å². The molecular weight excluding hydrogens is 294 g/mol. The smallest absolute Gasteiger partial charge is 0.426 e. The molecule has 0 spiro atoms. The monoisotopic (exact) mass is 313 g/mol. The highest BCUT2D eigenvalue weighted by molar-refractivity contribution is 7.85. The highest BCUT2D eigenvalue weighted by Crippen LogP contribution is 2.36. The van der Waals surface area contributed by atoms with Gasteiger partial charge >= 0.3 is 16.4 Å². The maximum Gasteiger partial charge on any atom is 0.426 e. The Morgan fingerprint density at radius 1 is 1.24 bits per heavy atom. The van der Waals surface area contributed by atoms with Crippen LogP contribution < -0.4 is 0 Å². The van der Waals surface area contributed by atoms with Gasteiger partial charge in [-0.15, -0.1) is 0 Å². The van der Waals surface area contributed by atoms with E-state index in [0.717, 1.165) is 0 Å². The first-order valence-electron chi connectivity index (χ1n) is 6.62. The summed E-state index contributed by atoms with van der Waals surface area (Å²) in [6.45, 7) is 6.64. The maximum absolute atomic E-state index is 12.1. The van der Waals surface area contributed by atoms with Gasteiger partial charge in [0.05, 0.1) is 6.04 Å². The van der Waals surface area contributed by atoms with Gasteiger partial charge in [0.25, 0.3) is 0 Å². The first kappa shape index (κ1) is 15.8. The second-order valence-electron chi connectivity index (χ2n) is 5.90. The fourth-order valence-electron chi connectivity index (χ4n) is 2.13. The minimum absolute atomic E-state index is 0.663. The van der Waals surface area contributed by atoms with Crippen LogP contribution in [0.25, 0.3) is 0 Å². The average molecular weight is 313 g/mol. The average Bonchev–Trinajstić information content (AvgIpc) is 2.58. The first-order chi connectivity index (χ1) is 9.62. The number of amides is 1. The quantitative estimate of drug-likeness (QED) is 0.797. The third-order valence-electron chi connectivity index (χ3n) is 2.98. The summed E-state index contributed by atoms with van der Waals surface area (Å²) in [5.41, 5.74) is -0.0865. The number of hydrogen-bond acceptors (Lipinski definition) is 5. The van der Waals surface area contributed by atoms with Crippen LogP contribution >= 0.6 is 0 Å². The Bertz CT molecular complexity index is 621. The van der Waals surface area contributed by atoms with Crippen molar-refractivity contribution in [3.8, 4) is 0 Å². The molecule has 1 aliphatic heterocycles. The number of carbonyl (C=O) groups is 1. The summed E-state index contributed by atoms with van der Waals surface area (Å²) in [6.07, 6.45) is -1.66. The Morgan fingerprint density at radius 3 is 2.33 bits per heavy atom. The summed E-state index contributed by atoms with van der Waals surface area (Å²) < 4.78 is 35.1. The molecule has 1 amide bonds. The topological polar surface area (TPSA) is 72.9 Å². The van der Waals surface area contributed by atoms with Crippen LogP contribution in [0.1, 0.15) is 39.4 Å². The van der Waals surface area contributed by atoms with Crippen LogP contribution in [0.3, 0.4) is 0 Å². The molecule has 1 fully saturated rings. The van der Waals surface area contributed by atoms with Crippen LogP contribution in [-0.4, -0.2) is 30.5 Å². The molecule has 2 atom stereocenters. The lowest BCUT2D eigenvalue weighted by atomic mass is 10.0. The van der Waals surface area contributed by atoms with Crippen LogP contribution in [-0.2, 0) is 19.2 Å². The first-order valence-corrected chi connectivity index (χ1v) is 7.99. The van der Waals surface area contributed by atoms with Crippen molar-refractivity contribution in [2.24, 2.45) is 0 Å². The molecule has 1 heterocycles. The summed E-state index contributed by atoms with van der Waals surface area (Å²) >= 11 is 0. The van der Waals surface area contributed by atoms with Crippen molar-refractivity contribution < 1.29 is 22.1 Å². The summed E-state index contributed by atoms with van der Waals surface area (Å²) in [6, 6.07) is 8.24. The molecule has 1 aliphatic rings. The van der Waals surface area contributed by atoms with Crippen LogP contribution in [0.5, 0.6) is 0 Å². The van der Waals surface area contributed by atoms with Gasteiger partial charge in [-0.25, -0.2) is 8.98 Å². The fraction of sp³-hybridized carbons (Fsp3) is 0.500. The molecule has 0 N–H and O–H groups in total. The second kappa shape index (κ2) is 5.31. The molecule has 21 heavy (non-hydrogen) atoms. The Hall–Kier alpha value is -1.60. The number of benzene rings is 1. The fourth-order valence-corrected chi connectivity index (χ4v) is 3.49. The molecule has 0 radical (unpaired) electrons. The highest BCUT2D eigenvalue weighted by Gasteiger charge is 2.49. The van der Waals surface area contributed by atoms with E-state index in [4.69, 9.17) is 8.92 Å². The van der Waals surface area contributed by atoms with Crippen LogP contribution in [0.15, 0.2) is 30.3 Å². The second-order valence-corrected chi connectivity index (χ2v) is 7.34. The van der Waals surface area contributed by atoms with Crippen molar-refractivity contribution in [3.05, 3.63) is 35.9 Å². The van der Waals surface area contributed by atoms with E-state index in [0.29, 0.717) is 9.87 Å². The van der Waals surface area contributed by atoms with Crippen molar-refractivity contribution >= 4 is 16.4 Å². The zero-order valence-electron chi connectivity index (χ0n) is 12.4. The number of hydrogen-bond donors (Lipinski definition) is 0. The Labute approximate surface area is 124 Å². The van der Waals surface area contributed by atoms with Crippen molar-refractivity contribution in [3.63, 3.8) is 0 Å². The molecule has 0 aliphatic carbocycles. The van der Waals surface area contributed by atoms with E-state index < -0.39 is 34.1 Å². The van der Waals surface area contributed by atoms with Gasteiger partial charge in [-0.2, -0.15) is 12.7 Å². The molecule has 1 saturated heterocycles. The molecular formula is C14H19NO5S. The Balaban J connectivity index is 2.29. The van der Waals surface area contributed by atoms with Gasteiger partial charge in [-0.05, 0) is 33.3 Å². The number of rotatable bonds is 1. The molecule has 0 unspecified atom stereocenters. The standard InChI is InChI=1S/C14H19NO5S/c1-10-12(11-8-6-5-7-9-11)20-21(17,18)15(10)13(16)19-14(2,3)4/h5-10,12H,1-4H3/t10-,12+/m1/s1. The van der Waals surface area contributed by atoms with E-state index >= 15 is 0 Å². The molecule has 1 aromatic rings. The number of ether oxygens (including phenoxy) is 1. The van der Waals surface area contributed by atoms with Gasteiger partial charge in [-0.3, -0.25) is 0 Å². The van der Waals surface area contributed by atoms with E-state index in [1.165, 1.54) is 0 Å². The lowest BCUT2D eigenvalue weighted by molar-refractivity contribution is 0.0347. The zero-order chi connectivity index (χ0) is 15.8. The normalized spacial score (nSPS) is 24.9. The van der Waals surface area contributed by atoms with E-state index in [1.807, 2.05) is 6.07 Å². The summed E-state index contributed by atoms with van der Waals surface area (Å²) in [5, 5.41) is 0. The number of carbonyl (C=O) groups excluding carboxylic acids is 1. The molecule has 0 saturated carbocycles. The van der Waals surface area contributed by atoms with Crippen molar-refractivity contribution in [1.29, 1.82) is 0 Å². The SMILES string of the molecule is C[C@@H]1[C@@H](c2ccccc2)OS(=O)(=O)N1C(=O)OC(C)(C)C. The molecule has 2 rings (SSSR count). The maximum atomic E-state index is 12.1. The van der Waals surface area contributed by atoms with Crippen molar-refractivity contribution in [2.75, 3.05) is 0 Å². The van der Waals surface area contributed by atoms with Gasteiger partial charge in [0.2, 0.25) is 0 Å². The molecule has 0 aromatic heterocycles. The minimum Gasteiger partial charge on any atom is -0.443 e. The number of nitrogens with zero attached hydrogens (tertiary/aromatic N) is 1. The molecule has 6 nitrogen and oxygen atoms in total. The van der Waals surface area contributed by atoms with Crippen LogP contribution in [0.4, 0.5) is 4.79 Å². The lowest BCUT2D eigenvalue weighted by Gasteiger charge is -2.25. The molecule has 1 aromatic carbocycles. The van der Waals surface area contributed by atoms with Gasteiger partial charge < -0.3 is 4.74 Å². The minimum atomic E-state index is -4.15. The lowest BCUT2D eigenvalue weighted by Crippen LogP contribution is -2.41. The van der Waals surface area contributed by atoms with E-state index in [2.05, 4.69) is 0 Å². The predicted molar refractivity (Wildman–Crippen MR) is 76.7 cm³/mol. The molecule has 116 valence electrons. The third kappa shape index (κ3) is 3.36.